The van der Waals surface area contributed by atoms with Crippen LogP contribution in [0.2, 0.25) is 0 Å². The summed E-state index contributed by atoms with van der Waals surface area (Å²) in [7, 11) is 0. The molecule has 4 heteroatoms. The summed E-state index contributed by atoms with van der Waals surface area (Å²) < 4.78 is 4.67. The minimum atomic E-state index is 0.803. The Morgan fingerprint density at radius 3 is 2.83 bits per heavy atom. The summed E-state index contributed by atoms with van der Waals surface area (Å²) in [5.74, 6) is 0.803. The number of nitrogens with zero attached hydrogens (tertiary/aromatic N) is 3. The van der Waals surface area contributed by atoms with Crippen molar-refractivity contribution in [1.29, 1.82) is 0 Å². The molecule has 0 aliphatic carbocycles. The van der Waals surface area contributed by atoms with Crippen LogP contribution in [0.25, 0.3) is 0 Å². The predicted octanol–water partition coefficient (Wildman–Crippen LogP) is 1.06. The second-order valence-corrected chi connectivity index (χ2v) is 3.18. The fourth-order valence-corrected chi connectivity index (χ4v) is 1.58. The maximum Gasteiger partial charge on any atom is 0.213 e. The Balaban J connectivity index is 1.86. The fourth-order valence-electron chi connectivity index (χ4n) is 1.58. The van der Waals surface area contributed by atoms with Gasteiger partial charge in [-0.2, -0.15) is 4.98 Å². The van der Waals surface area contributed by atoms with Gasteiger partial charge < -0.3 is 4.52 Å². The van der Waals surface area contributed by atoms with E-state index in [2.05, 4.69) is 19.6 Å². The van der Waals surface area contributed by atoms with Crippen molar-refractivity contribution >= 4 is 0 Å². The molecule has 0 spiro atoms. The Kier molecular flexibility index (Phi) is 2.36. The van der Waals surface area contributed by atoms with Crippen LogP contribution in [0.5, 0.6) is 0 Å². The Hall–Kier alpha value is -0.900. The molecule has 0 aromatic carbocycles. The normalized spacial score (nSPS) is 19.7. The molecule has 0 amide bonds. The molecule has 12 heavy (non-hydrogen) atoms. The van der Waals surface area contributed by atoms with Crippen LogP contribution < -0.4 is 0 Å². The highest BCUT2D eigenvalue weighted by Gasteiger charge is 2.11. The topological polar surface area (TPSA) is 42.2 Å². The summed E-state index contributed by atoms with van der Waals surface area (Å²) >= 11 is 0. The first-order valence-electron chi connectivity index (χ1n) is 4.43. The van der Waals surface area contributed by atoms with Gasteiger partial charge in [-0.25, -0.2) is 0 Å². The highest BCUT2D eigenvalue weighted by atomic mass is 16.5. The van der Waals surface area contributed by atoms with Gasteiger partial charge >= 0.3 is 0 Å². The molecule has 0 atom stereocenters. The average Bonchev–Trinajstić information content (AvgIpc) is 2.59. The molecule has 1 aliphatic heterocycles. The summed E-state index contributed by atoms with van der Waals surface area (Å²) in [4.78, 5) is 6.36. The van der Waals surface area contributed by atoms with E-state index >= 15 is 0 Å². The smallest absolute Gasteiger partial charge is 0.213 e. The van der Waals surface area contributed by atoms with Gasteiger partial charge in [0, 0.05) is 0 Å². The summed E-state index contributed by atoms with van der Waals surface area (Å²) in [5, 5.41) is 3.78. The Labute approximate surface area is 71.6 Å². The van der Waals surface area contributed by atoms with Gasteiger partial charge in [0.25, 0.3) is 0 Å². The highest BCUT2D eigenvalue weighted by molar-refractivity contribution is 4.79. The minimum absolute atomic E-state index is 0.803. The molecular formula is C8H13N3O. The van der Waals surface area contributed by atoms with Gasteiger partial charge in [0.05, 0.1) is 6.54 Å². The van der Waals surface area contributed by atoms with E-state index in [1.807, 2.05) is 0 Å². The van der Waals surface area contributed by atoms with Crippen molar-refractivity contribution in [2.75, 3.05) is 13.1 Å². The Morgan fingerprint density at radius 2 is 2.17 bits per heavy atom. The molecule has 66 valence electrons. The van der Waals surface area contributed by atoms with E-state index in [9.17, 15) is 0 Å². The first kappa shape index (κ1) is 7.73. The quantitative estimate of drug-likeness (QED) is 0.660. The molecule has 0 unspecified atom stereocenters. The molecule has 1 saturated heterocycles. The van der Waals surface area contributed by atoms with Crippen LogP contribution in [0.4, 0.5) is 0 Å². The van der Waals surface area contributed by atoms with Crippen LogP contribution in [-0.4, -0.2) is 28.1 Å². The van der Waals surface area contributed by atoms with E-state index in [0.717, 1.165) is 12.4 Å². The van der Waals surface area contributed by atoms with Crippen LogP contribution >= 0.6 is 0 Å². The standard InChI is InChI=1S/C8H13N3O/c1-2-4-11(5-3-1)6-8-9-7-12-10-8/h7H,1-6H2. The number of likely N-dealkylation sites (tertiary alicyclic amines) is 1. The second-order valence-electron chi connectivity index (χ2n) is 3.18. The molecule has 0 N–H and O–H groups in total. The van der Waals surface area contributed by atoms with Crippen molar-refractivity contribution < 1.29 is 4.52 Å². The van der Waals surface area contributed by atoms with Crippen molar-refractivity contribution in [2.24, 2.45) is 0 Å². The number of piperidine rings is 1. The average molecular weight is 167 g/mol. The Morgan fingerprint density at radius 1 is 1.33 bits per heavy atom. The van der Waals surface area contributed by atoms with Crippen molar-refractivity contribution in [3.8, 4) is 0 Å². The highest BCUT2D eigenvalue weighted by Crippen LogP contribution is 2.10. The predicted molar refractivity (Wildman–Crippen MR) is 43.4 cm³/mol. The second kappa shape index (κ2) is 3.67. The van der Waals surface area contributed by atoms with E-state index in [0.29, 0.717) is 0 Å². The van der Waals surface area contributed by atoms with Gasteiger partial charge in [-0.1, -0.05) is 11.6 Å². The van der Waals surface area contributed by atoms with Gasteiger partial charge in [0.15, 0.2) is 5.82 Å². The number of hydrogen-bond acceptors (Lipinski definition) is 4. The minimum Gasteiger partial charge on any atom is -0.343 e. The van der Waals surface area contributed by atoms with E-state index < -0.39 is 0 Å². The molecule has 1 fully saturated rings. The van der Waals surface area contributed by atoms with E-state index in [-0.39, 0.29) is 0 Å². The van der Waals surface area contributed by atoms with Crippen LogP contribution in [0, 0.1) is 0 Å². The lowest BCUT2D eigenvalue weighted by Crippen LogP contribution is -2.29. The summed E-state index contributed by atoms with van der Waals surface area (Å²) in [6.45, 7) is 3.19. The molecule has 0 bridgehead atoms. The van der Waals surface area contributed by atoms with Crippen molar-refractivity contribution in [1.82, 2.24) is 15.0 Å². The summed E-state index contributed by atoms with van der Waals surface area (Å²) in [5.41, 5.74) is 0. The van der Waals surface area contributed by atoms with E-state index in [1.165, 1.54) is 38.7 Å². The largest absolute Gasteiger partial charge is 0.343 e. The number of hydrogen-bond donors (Lipinski definition) is 0. The van der Waals surface area contributed by atoms with Crippen LogP contribution in [0.3, 0.4) is 0 Å². The molecular weight excluding hydrogens is 154 g/mol. The summed E-state index contributed by atoms with van der Waals surface area (Å²) in [6, 6.07) is 0. The third-order valence-corrected chi connectivity index (χ3v) is 2.22. The lowest BCUT2D eigenvalue weighted by molar-refractivity contribution is 0.213. The number of rotatable bonds is 2. The molecule has 0 saturated carbocycles. The van der Waals surface area contributed by atoms with Crippen molar-refractivity contribution in [3.05, 3.63) is 12.2 Å². The van der Waals surface area contributed by atoms with Gasteiger partial charge in [-0.05, 0) is 25.9 Å². The maximum atomic E-state index is 4.67. The lowest BCUT2D eigenvalue weighted by atomic mass is 10.1. The van der Waals surface area contributed by atoms with E-state index in [1.54, 1.807) is 0 Å². The molecule has 1 aliphatic rings. The zero-order chi connectivity index (χ0) is 8.23. The first-order valence-corrected chi connectivity index (χ1v) is 4.43. The third-order valence-electron chi connectivity index (χ3n) is 2.22. The summed E-state index contributed by atoms with van der Waals surface area (Å²) in [6.07, 6.45) is 5.36. The van der Waals surface area contributed by atoms with Crippen LogP contribution in [-0.2, 0) is 6.54 Å². The van der Waals surface area contributed by atoms with Gasteiger partial charge in [-0.3, -0.25) is 4.90 Å². The zero-order valence-corrected chi connectivity index (χ0v) is 7.07. The molecule has 1 aromatic heterocycles. The molecule has 2 rings (SSSR count). The third kappa shape index (κ3) is 1.82. The monoisotopic (exact) mass is 167 g/mol. The first-order chi connectivity index (χ1) is 5.95. The van der Waals surface area contributed by atoms with Crippen molar-refractivity contribution in [3.63, 3.8) is 0 Å². The van der Waals surface area contributed by atoms with Crippen molar-refractivity contribution in [2.45, 2.75) is 25.8 Å². The lowest BCUT2D eigenvalue weighted by Gasteiger charge is -2.24. The van der Waals surface area contributed by atoms with E-state index in [4.69, 9.17) is 0 Å². The maximum absolute atomic E-state index is 4.67. The van der Waals surface area contributed by atoms with Gasteiger partial charge in [-0.15, -0.1) is 0 Å². The van der Waals surface area contributed by atoms with Crippen LogP contribution in [0.1, 0.15) is 25.1 Å². The zero-order valence-electron chi connectivity index (χ0n) is 7.07. The Bertz CT molecular complexity index is 216. The molecule has 0 radical (unpaired) electrons. The molecule has 4 nitrogen and oxygen atoms in total. The van der Waals surface area contributed by atoms with Gasteiger partial charge in [0.1, 0.15) is 0 Å². The fraction of sp³-hybridized carbons (Fsp3) is 0.750. The molecule has 1 aromatic rings. The molecule has 2 heterocycles. The SMILES string of the molecule is c1nc(CN2CCCCC2)no1. The van der Waals surface area contributed by atoms with Crippen LogP contribution in [0.15, 0.2) is 10.9 Å². The number of aromatic nitrogens is 2. The van der Waals surface area contributed by atoms with Gasteiger partial charge in [0.2, 0.25) is 6.39 Å².